The fourth-order valence-corrected chi connectivity index (χ4v) is 2.58. The second kappa shape index (κ2) is 4.51. The van der Waals surface area contributed by atoms with Gasteiger partial charge in [-0.3, -0.25) is 0 Å². The van der Waals surface area contributed by atoms with Crippen LogP contribution in [-0.2, 0) is 9.84 Å². The molecule has 2 rings (SSSR count). The summed E-state index contributed by atoms with van der Waals surface area (Å²) in [6.07, 6.45) is 2.99. The number of hydrogen-bond donors (Lipinski definition) is 1. The molecule has 4 nitrogen and oxygen atoms in total. The third kappa shape index (κ3) is 2.49. The van der Waals surface area contributed by atoms with Crippen LogP contribution >= 0.6 is 11.3 Å². The third-order valence-electron chi connectivity index (χ3n) is 3.07. The highest BCUT2D eigenvalue weighted by Crippen LogP contribution is 2.26. The molecular weight excluding hydrogens is 268 g/mol. The van der Waals surface area contributed by atoms with Crippen LogP contribution in [0.3, 0.4) is 0 Å². The van der Waals surface area contributed by atoms with Crippen LogP contribution in [-0.4, -0.2) is 30.9 Å². The Morgan fingerprint density at radius 3 is 2.78 bits per heavy atom. The molecule has 98 valence electrons. The standard InChI is InChI=1S/C12H16N2O2S2/c1-12(2,18(3,15)16)8-14-11-9-5-7-17-10(9)4-6-13-11/h4-7H,8H2,1-3H3,(H,13,14). The lowest BCUT2D eigenvalue weighted by atomic mass is 10.2. The molecule has 0 bridgehead atoms. The molecule has 0 spiro atoms. The van der Waals surface area contributed by atoms with Gasteiger partial charge in [-0.1, -0.05) is 0 Å². The van der Waals surface area contributed by atoms with E-state index in [1.54, 1.807) is 31.4 Å². The van der Waals surface area contributed by atoms with Crippen molar-refractivity contribution in [1.29, 1.82) is 0 Å². The molecular formula is C12H16N2O2S2. The highest BCUT2D eigenvalue weighted by Gasteiger charge is 2.30. The van der Waals surface area contributed by atoms with Gasteiger partial charge in [-0.15, -0.1) is 11.3 Å². The zero-order valence-electron chi connectivity index (χ0n) is 10.6. The monoisotopic (exact) mass is 284 g/mol. The Balaban J connectivity index is 2.23. The smallest absolute Gasteiger partial charge is 0.154 e. The summed E-state index contributed by atoms with van der Waals surface area (Å²) in [6, 6.07) is 3.94. The van der Waals surface area contributed by atoms with E-state index in [2.05, 4.69) is 10.3 Å². The van der Waals surface area contributed by atoms with Gasteiger partial charge in [-0.2, -0.15) is 0 Å². The molecule has 0 radical (unpaired) electrons. The van der Waals surface area contributed by atoms with E-state index < -0.39 is 14.6 Å². The van der Waals surface area contributed by atoms with Crippen molar-refractivity contribution in [3.8, 4) is 0 Å². The summed E-state index contributed by atoms with van der Waals surface area (Å²) < 4.78 is 23.6. The van der Waals surface area contributed by atoms with E-state index in [1.165, 1.54) is 6.26 Å². The van der Waals surface area contributed by atoms with Crippen LogP contribution in [0.2, 0.25) is 0 Å². The average Bonchev–Trinajstić information content (AvgIpc) is 2.73. The number of thiophene rings is 1. The highest BCUT2D eigenvalue weighted by molar-refractivity contribution is 7.92. The molecule has 0 unspecified atom stereocenters. The maximum Gasteiger partial charge on any atom is 0.154 e. The van der Waals surface area contributed by atoms with E-state index in [4.69, 9.17) is 0 Å². The summed E-state index contributed by atoms with van der Waals surface area (Å²) in [4.78, 5) is 4.26. The highest BCUT2D eigenvalue weighted by atomic mass is 32.2. The Kier molecular flexibility index (Phi) is 3.33. The summed E-state index contributed by atoms with van der Waals surface area (Å²) in [6.45, 7) is 3.76. The van der Waals surface area contributed by atoms with E-state index in [1.807, 2.05) is 17.5 Å². The Morgan fingerprint density at radius 1 is 1.39 bits per heavy atom. The van der Waals surface area contributed by atoms with Gasteiger partial charge in [-0.25, -0.2) is 13.4 Å². The van der Waals surface area contributed by atoms with Gasteiger partial charge in [0.1, 0.15) is 5.82 Å². The Bertz CT molecular complexity index is 660. The van der Waals surface area contributed by atoms with Crippen LogP contribution in [0.25, 0.3) is 10.1 Å². The van der Waals surface area contributed by atoms with Gasteiger partial charge < -0.3 is 5.32 Å². The molecule has 0 aliphatic rings. The molecule has 0 atom stereocenters. The Morgan fingerprint density at radius 2 is 2.11 bits per heavy atom. The zero-order chi connectivity index (χ0) is 13.4. The van der Waals surface area contributed by atoms with Gasteiger partial charge in [0.05, 0.1) is 4.75 Å². The molecule has 0 amide bonds. The maximum atomic E-state index is 11.6. The van der Waals surface area contributed by atoms with Gasteiger partial charge >= 0.3 is 0 Å². The van der Waals surface area contributed by atoms with Gasteiger partial charge in [0.2, 0.25) is 0 Å². The first-order valence-electron chi connectivity index (χ1n) is 5.57. The van der Waals surface area contributed by atoms with E-state index >= 15 is 0 Å². The molecule has 6 heteroatoms. The SMILES string of the molecule is CC(C)(CNc1nccc2sccc12)S(C)(=O)=O. The summed E-state index contributed by atoms with van der Waals surface area (Å²) in [5.41, 5.74) is 0. The number of rotatable bonds is 4. The summed E-state index contributed by atoms with van der Waals surface area (Å²) in [5.74, 6) is 0.741. The van der Waals surface area contributed by atoms with Crippen molar-refractivity contribution in [3.05, 3.63) is 23.7 Å². The van der Waals surface area contributed by atoms with Crippen LogP contribution < -0.4 is 5.32 Å². The first-order valence-corrected chi connectivity index (χ1v) is 8.34. The van der Waals surface area contributed by atoms with E-state index in [0.717, 1.165) is 15.9 Å². The lowest BCUT2D eigenvalue weighted by molar-refractivity contribution is 0.559. The minimum Gasteiger partial charge on any atom is -0.368 e. The van der Waals surface area contributed by atoms with Crippen LogP contribution in [0.5, 0.6) is 0 Å². The van der Waals surface area contributed by atoms with Gasteiger partial charge in [0.25, 0.3) is 0 Å². The normalized spacial score (nSPS) is 12.8. The number of fused-ring (bicyclic) bond motifs is 1. The second-order valence-corrected chi connectivity index (χ2v) is 8.47. The van der Waals surface area contributed by atoms with E-state index in [9.17, 15) is 8.42 Å². The van der Waals surface area contributed by atoms with Crippen molar-refractivity contribution in [2.24, 2.45) is 0 Å². The first kappa shape index (κ1) is 13.3. The molecule has 0 saturated carbocycles. The number of sulfone groups is 1. The molecule has 0 aliphatic heterocycles. The maximum absolute atomic E-state index is 11.6. The van der Waals surface area contributed by atoms with Gasteiger partial charge in [-0.05, 0) is 31.4 Å². The predicted molar refractivity (Wildman–Crippen MR) is 77.0 cm³/mol. The van der Waals surface area contributed by atoms with Crippen molar-refractivity contribution in [3.63, 3.8) is 0 Å². The fourth-order valence-electron chi connectivity index (χ4n) is 1.46. The minimum atomic E-state index is -3.10. The molecule has 2 aromatic heterocycles. The molecule has 0 aliphatic carbocycles. The average molecular weight is 284 g/mol. The van der Waals surface area contributed by atoms with Crippen molar-refractivity contribution < 1.29 is 8.42 Å². The van der Waals surface area contributed by atoms with E-state index in [-0.39, 0.29) is 0 Å². The van der Waals surface area contributed by atoms with Crippen LogP contribution in [0.4, 0.5) is 5.82 Å². The summed E-state index contributed by atoms with van der Waals surface area (Å²) >= 11 is 1.64. The minimum absolute atomic E-state index is 0.341. The van der Waals surface area contributed by atoms with Crippen LogP contribution in [0.15, 0.2) is 23.7 Å². The van der Waals surface area contributed by atoms with Crippen LogP contribution in [0.1, 0.15) is 13.8 Å². The summed E-state index contributed by atoms with van der Waals surface area (Å²) in [7, 11) is -3.10. The number of hydrogen-bond acceptors (Lipinski definition) is 5. The van der Waals surface area contributed by atoms with Crippen molar-refractivity contribution in [2.45, 2.75) is 18.6 Å². The molecule has 2 heterocycles. The van der Waals surface area contributed by atoms with Gasteiger partial charge in [0, 0.05) is 29.1 Å². The topological polar surface area (TPSA) is 59.1 Å². The Labute approximate surface area is 111 Å². The zero-order valence-corrected chi connectivity index (χ0v) is 12.2. The molecule has 1 N–H and O–H groups in total. The largest absolute Gasteiger partial charge is 0.368 e. The number of nitrogens with one attached hydrogen (secondary N) is 1. The van der Waals surface area contributed by atoms with Crippen molar-refractivity contribution in [2.75, 3.05) is 18.1 Å². The quantitative estimate of drug-likeness (QED) is 0.937. The fraction of sp³-hybridized carbons (Fsp3) is 0.417. The third-order valence-corrected chi connectivity index (χ3v) is 6.10. The van der Waals surface area contributed by atoms with Crippen LogP contribution in [0, 0.1) is 0 Å². The van der Waals surface area contributed by atoms with E-state index in [0.29, 0.717) is 6.54 Å². The Hall–Kier alpha value is -1.14. The molecule has 2 aromatic rings. The molecule has 18 heavy (non-hydrogen) atoms. The number of nitrogens with zero attached hydrogens (tertiary/aromatic N) is 1. The summed E-state index contributed by atoms with van der Waals surface area (Å²) in [5, 5.41) is 6.17. The molecule has 0 fully saturated rings. The van der Waals surface area contributed by atoms with Crippen molar-refractivity contribution >= 4 is 37.1 Å². The number of aromatic nitrogens is 1. The lowest BCUT2D eigenvalue weighted by Gasteiger charge is -2.23. The molecule has 0 aromatic carbocycles. The number of pyridine rings is 1. The molecule has 0 saturated heterocycles. The first-order chi connectivity index (χ1) is 8.31. The number of anilines is 1. The van der Waals surface area contributed by atoms with Gasteiger partial charge in [0.15, 0.2) is 9.84 Å². The second-order valence-electron chi connectivity index (χ2n) is 4.88. The van der Waals surface area contributed by atoms with Crippen molar-refractivity contribution in [1.82, 2.24) is 4.98 Å². The predicted octanol–water partition coefficient (Wildman–Crippen LogP) is 2.53. The lowest BCUT2D eigenvalue weighted by Crippen LogP contribution is -2.38.